The molecule has 2 heteroatoms. The fourth-order valence-corrected chi connectivity index (χ4v) is 3.60. The minimum atomic E-state index is 0.432. The maximum absolute atomic E-state index is 3.68. The third kappa shape index (κ3) is 0.771. The second kappa shape index (κ2) is 2.33. The summed E-state index contributed by atoms with van der Waals surface area (Å²) in [5.41, 5.74) is 2.04. The third-order valence-electron chi connectivity index (χ3n) is 3.25. The molecule has 0 saturated heterocycles. The Labute approximate surface area is 76.8 Å². The van der Waals surface area contributed by atoms with Gasteiger partial charge in [0.05, 0.1) is 5.54 Å². The van der Waals surface area contributed by atoms with Crippen molar-refractivity contribution in [3.05, 3.63) is 21.9 Å². The first kappa shape index (κ1) is 7.10. The van der Waals surface area contributed by atoms with Crippen LogP contribution < -0.4 is 5.32 Å². The van der Waals surface area contributed by atoms with Crippen molar-refractivity contribution in [2.45, 2.75) is 31.2 Å². The van der Waals surface area contributed by atoms with E-state index in [-0.39, 0.29) is 0 Å². The SMILES string of the molecule is c1cc2c(s1)C1(CCC1)NCC2. The lowest BCUT2D eigenvalue weighted by atomic mass is 9.73. The molecule has 12 heavy (non-hydrogen) atoms. The van der Waals surface area contributed by atoms with Gasteiger partial charge in [0.25, 0.3) is 0 Å². The quantitative estimate of drug-likeness (QED) is 0.644. The molecular formula is C10H13NS. The van der Waals surface area contributed by atoms with E-state index in [0.717, 1.165) is 0 Å². The number of thiophene rings is 1. The van der Waals surface area contributed by atoms with Gasteiger partial charge in [0.15, 0.2) is 0 Å². The Bertz CT molecular complexity index is 299. The van der Waals surface area contributed by atoms with Crippen molar-refractivity contribution >= 4 is 11.3 Å². The minimum Gasteiger partial charge on any atom is -0.306 e. The third-order valence-corrected chi connectivity index (χ3v) is 4.41. The Hall–Kier alpha value is -0.340. The first-order valence-electron chi connectivity index (χ1n) is 4.73. The molecule has 1 aromatic heterocycles. The molecule has 1 aliphatic heterocycles. The predicted molar refractivity (Wildman–Crippen MR) is 51.6 cm³/mol. The molecule has 64 valence electrons. The number of hydrogen-bond donors (Lipinski definition) is 1. The van der Waals surface area contributed by atoms with E-state index >= 15 is 0 Å². The second-order valence-electron chi connectivity index (χ2n) is 3.89. The summed E-state index contributed by atoms with van der Waals surface area (Å²) in [5.74, 6) is 0. The van der Waals surface area contributed by atoms with Crippen LogP contribution in [-0.2, 0) is 12.0 Å². The molecule has 2 heterocycles. The van der Waals surface area contributed by atoms with Gasteiger partial charge in [-0.15, -0.1) is 11.3 Å². The van der Waals surface area contributed by atoms with Gasteiger partial charge in [-0.05, 0) is 42.7 Å². The fourth-order valence-electron chi connectivity index (χ4n) is 2.40. The first-order chi connectivity index (χ1) is 5.91. The summed E-state index contributed by atoms with van der Waals surface area (Å²) in [4.78, 5) is 1.64. The summed E-state index contributed by atoms with van der Waals surface area (Å²) in [7, 11) is 0. The molecule has 1 N–H and O–H groups in total. The van der Waals surface area contributed by atoms with Gasteiger partial charge in [0, 0.05) is 11.4 Å². The highest BCUT2D eigenvalue weighted by atomic mass is 32.1. The summed E-state index contributed by atoms with van der Waals surface area (Å²) in [5, 5.41) is 5.93. The van der Waals surface area contributed by atoms with Crippen LogP contribution >= 0.6 is 11.3 Å². The second-order valence-corrected chi connectivity index (χ2v) is 4.80. The van der Waals surface area contributed by atoms with Crippen molar-refractivity contribution in [2.24, 2.45) is 0 Å². The molecule has 0 amide bonds. The van der Waals surface area contributed by atoms with Gasteiger partial charge in [-0.3, -0.25) is 0 Å². The van der Waals surface area contributed by atoms with Crippen LogP contribution in [0.25, 0.3) is 0 Å². The molecular weight excluding hydrogens is 166 g/mol. The summed E-state index contributed by atoms with van der Waals surface area (Å²) >= 11 is 1.95. The number of rotatable bonds is 0. The maximum atomic E-state index is 3.68. The maximum Gasteiger partial charge on any atom is 0.0531 e. The Morgan fingerprint density at radius 1 is 1.42 bits per heavy atom. The summed E-state index contributed by atoms with van der Waals surface area (Å²) < 4.78 is 0. The lowest BCUT2D eigenvalue weighted by molar-refractivity contribution is 0.181. The zero-order valence-corrected chi connectivity index (χ0v) is 7.91. The van der Waals surface area contributed by atoms with Crippen molar-refractivity contribution in [1.82, 2.24) is 5.32 Å². The van der Waals surface area contributed by atoms with Crippen LogP contribution in [0, 0.1) is 0 Å². The summed E-state index contributed by atoms with van der Waals surface area (Å²) in [6, 6.07) is 2.31. The lowest BCUT2D eigenvalue weighted by Gasteiger charge is -2.45. The average molecular weight is 179 g/mol. The molecule has 0 aromatic carbocycles. The largest absolute Gasteiger partial charge is 0.306 e. The molecule has 1 spiro atoms. The van der Waals surface area contributed by atoms with Crippen LogP contribution in [0.1, 0.15) is 29.7 Å². The highest BCUT2D eigenvalue weighted by Gasteiger charge is 2.42. The summed E-state index contributed by atoms with van der Waals surface area (Å²) in [6.07, 6.45) is 5.37. The Morgan fingerprint density at radius 3 is 3.08 bits per heavy atom. The van der Waals surface area contributed by atoms with Crippen LogP contribution in [0.4, 0.5) is 0 Å². The van der Waals surface area contributed by atoms with E-state index in [1.807, 2.05) is 11.3 Å². The molecule has 0 radical (unpaired) electrons. The average Bonchev–Trinajstić information content (AvgIpc) is 2.47. The molecule has 0 unspecified atom stereocenters. The standard InChI is InChI=1S/C10H13NS/c1-4-10(5-1)9-8(2-6-11-10)3-7-12-9/h3,7,11H,1-2,4-6H2. The zero-order chi connectivity index (χ0) is 8.02. The van der Waals surface area contributed by atoms with Gasteiger partial charge in [-0.2, -0.15) is 0 Å². The number of fused-ring (bicyclic) bond motifs is 2. The van der Waals surface area contributed by atoms with E-state index in [9.17, 15) is 0 Å². The van der Waals surface area contributed by atoms with E-state index < -0.39 is 0 Å². The lowest BCUT2D eigenvalue weighted by Crippen LogP contribution is -2.51. The van der Waals surface area contributed by atoms with Crippen molar-refractivity contribution in [1.29, 1.82) is 0 Å². The van der Waals surface area contributed by atoms with E-state index in [0.29, 0.717) is 5.54 Å². The molecule has 1 aliphatic carbocycles. The van der Waals surface area contributed by atoms with E-state index in [1.54, 1.807) is 10.4 Å². The molecule has 0 bridgehead atoms. The molecule has 3 rings (SSSR count). The molecule has 0 atom stereocenters. The van der Waals surface area contributed by atoms with Gasteiger partial charge in [0.2, 0.25) is 0 Å². The zero-order valence-electron chi connectivity index (χ0n) is 7.10. The van der Waals surface area contributed by atoms with E-state index in [4.69, 9.17) is 0 Å². The topological polar surface area (TPSA) is 12.0 Å². The highest BCUT2D eigenvalue weighted by molar-refractivity contribution is 7.10. The van der Waals surface area contributed by atoms with Crippen molar-refractivity contribution < 1.29 is 0 Å². The normalized spacial score (nSPS) is 25.0. The van der Waals surface area contributed by atoms with Crippen molar-refractivity contribution in [3.8, 4) is 0 Å². The highest BCUT2D eigenvalue weighted by Crippen LogP contribution is 2.46. The first-order valence-corrected chi connectivity index (χ1v) is 5.61. The van der Waals surface area contributed by atoms with Crippen LogP contribution in [0.15, 0.2) is 11.4 Å². The Kier molecular flexibility index (Phi) is 1.38. The number of hydrogen-bond acceptors (Lipinski definition) is 2. The molecule has 2 aliphatic rings. The van der Waals surface area contributed by atoms with Gasteiger partial charge in [0.1, 0.15) is 0 Å². The molecule has 1 saturated carbocycles. The smallest absolute Gasteiger partial charge is 0.0531 e. The van der Waals surface area contributed by atoms with Crippen LogP contribution in [0.2, 0.25) is 0 Å². The van der Waals surface area contributed by atoms with Gasteiger partial charge in [-0.25, -0.2) is 0 Å². The van der Waals surface area contributed by atoms with E-state index in [1.165, 1.54) is 32.2 Å². The van der Waals surface area contributed by atoms with Gasteiger partial charge in [-0.1, -0.05) is 0 Å². The van der Waals surface area contributed by atoms with Crippen LogP contribution in [0.3, 0.4) is 0 Å². The van der Waals surface area contributed by atoms with Crippen molar-refractivity contribution in [2.75, 3.05) is 6.54 Å². The van der Waals surface area contributed by atoms with Crippen molar-refractivity contribution in [3.63, 3.8) is 0 Å². The molecule has 1 nitrogen and oxygen atoms in total. The fraction of sp³-hybridized carbons (Fsp3) is 0.600. The van der Waals surface area contributed by atoms with Crippen LogP contribution in [-0.4, -0.2) is 6.54 Å². The van der Waals surface area contributed by atoms with E-state index in [2.05, 4.69) is 16.8 Å². The molecule has 1 fully saturated rings. The minimum absolute atomic E-state index is 0.432. The summed E-state index contributed by atoms with van der Waals surface area (Å²) in [6.45, 7) is 1.18. The Morgan fingerprint density at radius 2 is 2.33 bits per heavy atom. The predicted octanol–water partition coefficient (Wildman–Crippen LogP) is 2.27. The monoisotopic (exact) mass is 179 g/mol. The molecule has 1 aromatic rings. The van der Waals surface area contributed by atoms with Gasteiger partial charge >= 0.3 is 0 Å². The van der Waals surface area contributed by atoms with Gasteiger partial charge < -0.3 is 5.32 Å². The Balaban J connectivity index is 2.09. The number of nitrogens with one attached hydrogen (secondary N) is 1. The van der Waals surface area contributed by atoms with Crippen LogP contribution in [0.5, 0.6) is 0 Å².